The third-order valence-electron chi connectivity index (χ3n) is 7.67. The smallest absolute Gasteiger partial charge is 0.410 e. The Hall–Kier alpha value is -4.67. The Morgan fingerprint density at radius 2 is 1.72 bits per heavy atom. The number of nitrogens with zero attached hydrogens (tertiary/aromatic N) is 3. The van der Waals surface area contributed by atoms with E-state index in [2.05, 4.69) is 10.2 Å². The summed E-state index contributed by atoms with van der Waals surface area (Å²) in [5.41, 5.74) is 0.221. The van der Waals surface area contributed by atoms with Crippen molar-refractivity contribution in [3.63, 3.8) is 0 Å². The van der Waals surface area contributed by atoms with Crippen LogP contribution >= 0.6 is 0 Å². The first-order valence-electron chi connectivity index (χ1n) is 14.1. The molecule has 0 unspecified atom stereocenters. The van der Waals surface area contributed by atoms with Crippen molar-refractivity contribution in [3.05, 3.63) is 111 Å². The molecule has 2 heterocycles. The van der Waals surface area contributed by atoms with Crippen molar-refractivity contribution < 1.29 is 27.5 Å². The summed E-state index contributed by atoms with van der Waals surface area (Å²) in [7, 11) is 0. The Bertz CT molecular complexity index is 1700. The molecule has 43 heavy (non-hydrogen) atoms. The first-order chi connectivity index (χ1) is 20.6. The van der Waals surface area contributed by atoms with Gasteiger partial charge in [0.25, 0.3) is 11.5 Å². The molecular formula is C32H31F3N4O4. The van der Waals surface area contributed by atoms with Gasteiger partial charge in [0, 0.05) is 43.0 Å². The molecule has 224 valence electrons. The van der Waals surface area contributed by atoms with Crippen LogP contribution in [-0.4, -0.2) is 57.2 Å². The van der Waals surface area contributed by atoms with Crippen LogP contribution in [0, 0.1) is 17.5 Å². The van der Waals surface area contributed by atoms with Crippen molar-refractivity contribution in [1.82, 2.24) is 20.0 Å². The van der Waals surface area contributed by atoms with E-state index in [9.17, 15) is 27.6 Å². The predicted molar refractivity (Wildman–Crippen MR) is 154 cm³/mol. The summed E-state index contributed by atoms with van der Waals surface area (Å²) < 4.78 is 49.0. The number of ether oxygens (including phenoxy) is 1. The molecule has 0 aliphatic carbocycles. The van der Waals surface area contributed by atoms with Crippen LogP contribution in [0.15, 0.2) is 65.5 Å². The number of fused-ring (bicyclic) bond motifs is 1. The van der Waals surface area contributed by atoms with Crippen LogP contribution in [0.2, 0.25) is 0 Å². The highest BCUT2D eigenvalue weighted by Gasteiger charge is 2.33. The van der Waals surface area contributed by atoms with Gasteiger partial charge in [-0.05, 0) is 62.1 Å². The maximum Gasteiger partial charge on any atom is 0.410 e. The quantitative estimate of drug-likeness (QED) is 0.302. The van der Waals surface area contributed by atoms with Crippen molar-refractivity contribution in [2.75, 3.05) is 13.1 Å². The number of hydrogen-bond donors (Lipinski definition) is 1. The average molecular weight is 593 g/mol. The molecule has 11 heteroatoms. The van der Waals surface area contributed by atoms with E-state index < -0.39 is 35.0 Å². The summed E-state index contributed by atoms with van der Waals surface area (Å²) in [6.45, 7) is 4.47. The summed E-state index contributed by atoms with van der Waals surface area (Å²) >= 11 is 0. The second-order valence-corrected chi connectivity index (χ2v) is 10.9. The molecule has 1 aliphatic heterocycles. The van der Waals surface area contributed by atoms with Gasteiger partial charge in [0.15, 0.2) is 0 Å². The SMILES string of the molecule is CC(C)N(C(=O)OCc1ccccc1)C1CCN(C(=O)c2cc(Cc3n[nH]c(=O)c4cc(F)ccc34)c(F)cc2F)CC1. The Kier molecular flexibility index (Phi) is 8.79. The number of likely N-dealkylation sites (tertiary alicyclic amines) is 1. The molecular weight excluding hydrogens is 561 g/mol. The number of aromatic nitrogens is 2. The zero-order valence-corrected chi connectivity index (χ0v) is 23.8. The molecule has 1 aromatic heterocycles. The Morgan fingerprint density at radius 1 is 1.00 bits per heavy atom. The van der Waals surface area contributed by atoms with Gasteiger partial charge in [0.1, 0.15) is 24.1 Å². The fourth-order valence-corrected chi connectivity index (χ4v) is 5.50. The second-order valence-electron chi connectivity index (χ2n) is 10.9. The average Bonchev–Trinajstić information content (AvgIpc) is 2.99. The van der Waals surface area contributed by atoms with Gasteiger partial charge in [-0.1, -0.05) is 30.3 Å². The summed E-state index contributed by atoms with van der Waals surface area (Å²) in [6, 6.07) is 14.5. The fraction of sp³-hybridized carbons (Fsp3) is 0.312. The molecule has 8 nitrogen and oxygen atoms in total. The maximum absolute atomic E-state index is 14.9. The van der Waals surface area contributed by atoms with Gasteiger partial charge in [-0.2, -0.15) is 5.10 Å². The molecule has 1 fully saturated rings. The minimum atomic E-state index is -0.997. The van der Waals surface area contributed by atoms with Crippen LogP contribution < -0.4 is 5.56 Å². The topological polar surface area (TPSA) is 95.6 Å². The van der Waals surface area contributed by atoms with Gasteiger partial charge >= 0.3 is 6.09 Å². The highest BCUT2D eigenvalue weighted by molar-refractivity contribution is 5.95. The van der Waals surface area contributed by atoms with Crippen LogP contribution in [0.5, 0.6) is 0 Å². The van der Waals surface area contributed by atoms with Crippen molar-refractivity contribution in [3.8, 4) is 0 Å². The third-order valence-corrected chi connectivity index (χ3v) is 7.67. The first kappa shape index (κ1) is 29.8. The lowest BCUT2D eigenvalue weighted by molar-refractivity contribution is 0.0426. The molecule has 1 N–H and O–H groups in total. The molecule has 0 bridgehead atoms. The lowest BCUT2D eigenvalue weighted by Gasteiger charge is -2.40. The van der Waals surface area contributed by atoms with Gasteiger partial charge in [-0.3, -0.25) is 9.59 Å². The molecule has 0 spiro atoms. The van der Waals surface area contributed by atoms with Gasteiger partial charge in [-0.15, -0.1) is 0 Å². The van der Waals surface area contributed by atoms with Gasteiger partial charge in [-0.25, -0.2) is 23.1 Å². The molecule has 3 aromatic carbocycles. The van der Waals surface area contributed by atoms with Crippen LogP contribution in [0.4, 0.5) is 18.0 Å². The number of aromatic amines is 1. The summed E-state index contributed by atoms with van der Waals surface area (Å²) in [6.07, 6.45) is 0.319. The second kappa shape index (κ2) is 12.7. The summed E-state index contributed by atoms with van der Waals surface area (Å²) in [5.74, 6) is -3.08. The molecule has 5 rings (SSSR count). The predicted octanol–water partition coefficient (Wildman–Crippen LogP) is 5.58. The lowest BCUT2D eigenvalue weighted by atomic mass is 9.99. The monoisotopic (exact) mass is 592 g/mol. The number of hydrogen-bond acceptors (Lipinski definition) is 5. The molecule has 2 amide bonds. The molecule has 1 saturated heterocycles. The number of carbonyl (C=O) groups excluding carboxylic acids is 2. The van der Waals surface area contributed by atoms with E-state index in [0.717, 1.165) is 23.8 Å². The van der Waals surface area contributed by atoms with Gasteiger partial charge in [0.05, 0.1) is 16.6 Å². The fourth-order valence-electron chi connectivity index (χ4n) is 5.50. The van der Waals surface area contributed by atoms with Crippen LogP contribution in [0.25, 0.3) is 10.8 Å². The van der Waals surface area contributed by atoms with Crippen molar-refractivity contribution >= 4 is 22.8 Å². The number of rotatable bonds is 7. The van der Waals surface area contributed by atoms with Gasteiger partial charge in [0.2, 0.25) is 0 Å². The Morgan fingerprint density at radius 3 is 2.42 bits per heavy atom. The van der Waals surface area contributed by atoms with Crippen LogP contribution in [0.3, 0.4) is 0 Å². The highest BCUT2D eigenvalue weighted by atomic mass is 19.1. The Balaban J connectivity index is 1.28. The summed E-state index contributed by atoms with van der Waals surface area (Å²) in [4.78, 5) is 41.6. The number of carbonyl (C=O) groups is 2. The first-order valence-corrected chi connectivity index (χ1v) is 14.1. The van der Waals surface area contributed by atoms with E-state index in [1.165, 1.54) is 11.0 Å². The third kappa shape index (κ3) is 6.55. The maximum atomic E-state index is 14.9. The van der Waals surface area contributed by atoms with E-state index >= 15 is 0 Å². The molecule has 0 radical (unpaired) electrons. The van der Waals surface area contributed by atoms with Crippen molar-refractivity contribution in [2.24, 2.45) is 0 Å². The minimum Gasteiger partial charge on any atom is -0.445 e. The lowest BCUT2D eigenvalue weighted by Crippen LogP contribution is -2.51. The number of halogens is 3. The zero-order chi connectivity index (χ0) is 30.7. The van der Waals surface area contributed by atoms with Crippen molar-refractivity contribution in [2.45, 2.75) is 51.8 Å². The Labute approximate surface area is 246 Å². The van der Waals surface area contributed by atoms with E-state index in [-0.39, 0.29) is 60.4 Å². The number of benzene rings is 3. The van der Waals surface area contributed by atoms with Crippen LogP contribution in [0.1, 0.15) is 53.9 Å². The molecule has 0 atom stereocenters. The zero-order valence-electron chi connectivity index (χ0n) is 23.8. The number of piperidine rings is 1. The van der Waals surface area contributed by atoms with E-state index in [4.69, 9.17) is 4.74 Å². The molecule has 1 aliphatic rings. The van der Waals surface area contributed by atoms with E-state index in [1.807, 2.05) is 44.2 Å². The van der Waals surface area contributed by atoms with E-state index in [1.54, 1.807) is 4.90 Å². The number of nitrogens with one attached hydrogen (secondary N) is 1. The van der Waals surface area contributed by atoms with Crippen molar-refractivity contribution in [1.29, 1.82) is 0 Å². The normalized spacial score (nSPS) is 13.9. The van der Waals surface area contributed by atoms with Gasteiger partial charge < -0.3 is 14.5 Å². The number of H-pyrrole nitrogens is 1. The van der Waals surface area contributed by atoms with E-state index in [0.29, 0.717) is 24.3 Å². The minimum absolute atomic E-state index is 0.00282. The molecule has 4 aromatic rings. The summed E-state index contributed by atoms with van der Waals surface area (Å²) in [5, 5.41) is 6.63. The van der Waals surface area contributed by atoms with Crippen LogP contribution in [-0.2, 0) is 17.8 Å². The molecule has 0 saturated carbocycles. The standard InChI is InChI=1S/C32H31F3N4O4/c1-19(2)39(32(42)43-18-20-6-4-3-5-7-20)23-10-12-38(13-11-23)31(41)26-14-21(27(34)17-28(26)35)15-29-24-9-8-22(33)16-25(24)30(40)37-36-29/h3-9,14,16-17,19,23H,10-13,15,18H2,1-2H3,(H,37,40). The number of amides is 2. The highest BCUT2D eigenvalue weighted by Crippen LogP contribution is 2.25. The largest absolute Gasteiger partial charge is 0.445 e.